The van der Waals surface area contributed by atoms with Crippen LogP contribution in [0.5, 0.6) is 0 Å². The molecule has 2 aliphatic rings. The van der Waals surface area contributed by atoms with E-state index < -0.39 is 0 Å². The smallest absolute Gasteiger partial charge is 0.261 e. The SMILES string of the molecule is N#CCN1CCN(C(=O)c2cc3c([nH]c2=O)CCCCC3)CC1. The van der Waals surface area contributed by atoms with E-state index in [-0.39, 0.29) is 17.0 Å². The molecule has 6 nitrogen and oxygen atoms in total. The molecule has 1 aromatic heterocycles. The number of hydrogen-bond acceptors (Lipinski definition) is 4. The predicted molar refractivity (Wildman–Crippen MR) is 86.3 cm³/mol. The van der Waals surface area contributed by atoms with Crippen LogP contribution < -0.4 is 5.56 Å². The van der Waals surface area contributed by atoms with Crippen molar-refractivity contribution in [3.63, 3.8) is 0 Å². The Bertz CT molecular complexity index is 681. The second kappa shape index (κ2) is 6.97. The Hall–Kier alpha value is -2.13. The van der Waals surface area contributed by atoms with Crippen LogP contribution in [-0.4, -0.2) is 53.4 Å². The Kier molecular flexibility index (Phi) is 4.77. The first-order valence-corrected chi connectivity index (χ1v) is 8.32. The molecular formula is C17H22N4O2. The molecule has 0 unspecified atom stereocenters. The first kappa shape index (κ1) is 15.8. The monoisotopic (exact) mass is 314 g/mol. The van der Waals surface area contributed by atoms with Gasteiger partial charge in [0.1, 0.15) is 5.56 Å². The van der Waals surface area contributed by atoms with Crippen molar-refractivity contribution in [2.75, 3.05) is 32.7 Å². The lowest BCUT2D eigenvalue weighted by molar-refractivity contribution is 0.0650. The molecule has 1 saturated heterocycles. The van der Waals surface area contributed by atoms with Crippen LogP contribution in [0.2, 0.25) is 0 Å². The molecule has 122 valence electrons. The van der Waals surface area contributed by atoms with Crippen LogP contribution in [0.3, 0.4) is 0 Å². The Morgan fingerprint density at radius 1 is 1.17 bits per heavy atom. The van der Waals surface area contributed by atoms with Crippen LogP contribution in [0.15, 0.2) is 10.9 Å². The van der Waals surface area contributed by atoms with Crippen LogP contribution >= 0.6 is 0 Å². The molecule has 2 heterocycles. The number of aryl methyl sites for hydroxylation is 2. The van der Waals surface area contributed by atoms with Crippen LogP contribution in [0.4, 0.5) is 0 Å². The maximum absolute atomic E-state index is 12.7. The van der Waals surface area contributed by atoms with E-state index in [0.29, 0.717) is 32.7 Å². The van der Waals surface area contributed by atoms with E-state index in [1.807, 2.05) is 11.0 Å². The van der Waals surface area contributed by atoms with Gasteiger partial charge in [-0.1, -0.05) is 6.42 Å². The van der Waals surface area contributed by atoms with Crippen molar-refractivity contribution in [3.8, 4) is 6.07 Å². The molecular weight excluding hydrogens is 292 g/mol. The number of aromatic amines is 1. The van der Waals surface area contributed by atoms with E-state index in [0.717, 1.165) is 36.9 Å². The molecule has 1 aromatic rings. The van der Waals surface area contributed by atoms with Gasteiger partial charge in [0.15, 0.2) is 0 Å². The van der Waals surface area contributed by atoms with Crippen LogP contribution in [-0.2, 0) is 12.8 Å². The highest BCUT2D eigenvalue weighted by atomic mass is 16.2. The van der Waals surface area contributed by atoms with E-state index in [1.165, 1.54) is 6.42 Å². The number of nitrogens with one attached hydrogen (secondary N) is 1. The van der Waals surface area contributed by atoms with Crippen LogP contribution in [0.25, 0.3) is 0 Å². The van der Waals surface area contributed by atoms with E-state index in [1.54, 1.807) is 4.90 Å². The van der Waals surface area contributed by atoms with E-state index in [2.05, 4.69) is 11.1 Å². The normalized spacial score (nSPS) is 18.8. The predicted octanol–water partition coefficient (Wildman–Crippen LogP) is 0.925. The lowest BCUT2D eigenvalue weighted by Crippen LogP contribution is -2.49. The van der Waals surface area contributed by atoms with Gasteiger partial charge in [0.05, 0.1) is 12.6 Å². The fourth-order valence-electron chi connectivity index (χ4n) is 3.39. The highest BCUT2D eigenvalue weighted by Gasteiger charge is 2.25. The summed E-state index contributed by atoms with van der Waals surface area (Å²) in [5.74, 6) is -0.185. The number of amides is 1. The number of hydrogen-bond donors (Lipinski definition) is 1. The summed E-state index contributed by atoms with van der Waals surface area (Å²) in [5, 5.41) is 8.73. The molecule has 1 N–H and O–H groups in total. The van der Waals surface area contributed by atoms with Gasteiger partial charge in [-0.25, -0.2) is 0 Å². The first-order valence-electron chi connectivity index (χ1n) is 8.32. The second-order valence-electron chi connectivity index (χ2n) is 6.30. The summed E-state index contributed by atoms with van der Waals surface area (Å²) in [6.07, 6.45) is 5.20. The quantitative estimate of drug-likeness (QED) is 0.650. The van der Waals surface area contributed by atoms with Gasteiger partial charge in [-0.15, -0.1) is 0 Å². The molecule has 1 aliphatic carbocycles. The summed E-state index contributed by atoms with van der Waals surface area (Å²) in [7, 11) is 0. The number of carbonyl (C=O) groups excluding carboxylic acids is 1. The van der Waals surface area contributed by atoms with Gasteiger partial charge in [-0.3, -0.25) is 14.5 Å². The molecule has 23 heavy (non-hydrogen) atoms. The minimum Gasteiger partial charge on any atom is -0.336 e. The number of fused-ring (bicyclic) bond motifs is 1. The molecule has 1 aliphatic heterocycles. The molecule has 3 rings (SSSR count). The standard InChI is InChI=1S/C17H22N4O2/c18-6-7-20-8-10-21(11-9-20)17(23)14-12-13-4-2-1-3-5-15(13)19-16(14)22/h12H,1-5,7-11H2,(H,19,22). The van der Waals surface area contributed by atoms with Crippen molar-refractivity contribution < 1.29 is 4.79 Å². The van der Waals surface area contributed by atoms with Gasteiger partial charge in [0, 0.05) is 31.9 Å². The lowest BCUT2D eigenvalue weighted by atomic mass is 10.1. The maximum Gasteiger partial charge on any atom is 0.261 e. The molecule has 0 radical (unpaired) electrons. The Balaban J connectivity index is 1.77. The highest BCUT2D eigenvalue weighted by Crippen LogP contribution is 2.19. The van der Waals surface area contributed by atoms with E-state index in [9.17, 15) is 9.59 Å². The number of nitrogens with zero attached hydrogens (tertiary/aromatic N) is 3. The number of carbonyl (C=O) groups is 1. The van der Waals surface area contributed by atoms with E-state index >= 15 is 0 Å². The number of nitriles is 1. The third kappa shape index (κ3) is 3.45. The summed E-state index contributed by atoms with van der Waals surface area (Å²) < 4.78 is 0. The topological polar surface area (TPSA) is 80.2 Å². The summed E-state index contributed by atoms with van der Waals surface area (Å²) in [6.45, 7) is 2.89. The highest BCUT2D eigenvalue weighted by molar-refractivity contribution is 5.94. The van der Waals surface area contributed by atoms with Crippen molar-refractivity contribution in [1.29, 1.82) is 5.26 Å². The molecule has 0 aromatic carbocycles. The zero-order chi connectivity index (χ0) is 16.2. The summed E-state index contributed by atoms with van der Waals surface area (Å²) in [6, 6.07) is 3.94. The summed E-state index contributed by atoms with van der Waals surface area (Å²) in [5.41, 5.74) is 2.12. The fraction of sp³-hybridized carbons (Fsp3) is 0.588. The fourth-order valence-corrected chi connectivity index (χ4v) is 3.39. The van der Waals surface area contributed by atoms with Crippen LogP contribution in [0.1, 0.15) is 40.9 Å². The van der Waals surface area contributed by atoms with Gasteiger partial charge >= 0.3 is 0 Å². The molecule has 0 bridgehead atoms. The molecule has 1 amide bonds. The van der Waals surface area contributed by atoms with Crippen molar-refractivity contribution in [1.82, 2.24) is 14.8 Å². The average molecular weight is 314 g/mol. The Morgan fingerprint density at radius 3 is 2.65 bits per heavy atom. The Labute approximate surface area is 135 Å². The minimum atomic E-state index is -0.268. The lowest BCUT2D eigenvalue weighted by Gasteiger charge is -2.33. The third-order valence-corrected chi connectivity index (χ3v) is 4.77. The molecule has 0 spiro atoms. The third-order valence-electron chi connectivity index (χ3n) is 4.77. The van der Waals surface area contributed by atoms with Crippen molar-refractivity contribution in [3.05, 3.63) is 33.2 Å². The van der Waals surface area contributed by atoms with Gasteiger partial charge in [-0.2, -0.15) is 5.26 Å². The molecule has 6 heteroatoms. The zero-order valence-electron chi connectivity index (χ0n) is 13.3. The molecule has 0 atom stereocenters. The number of H-pyrrole nitrogens is 1. The van der Waals surface area contributed by atoms with Gasteiger partial charge in [-0.05, 0) is 37.3 Å². The zero-order valence-corrected chi connectivity index (χ0v) is 13.3. The largest absolute Gasteiger partial charge is 0.336 e. The summed E-state index contributed by atoms with van der Waals surface area (Å²) >= 11 is 0. The van der Waals surface area contributed by atoms with E-state index in [4.69, 9.17) is 5.26 Å². The number of aromatic nitrogens is 1. The molecule has 1 fully saturated rings. The average Bonchev–Trinajstić information content (AvgIpc) is 2.79. The Morgan fingerprint density at radius 2 is 1.91 bits per heavy atom. The first-order chi connectivity index (χ1) is 11.2. The second-order valence-corrected chi connectivity index (χ2v) is 6.30. The van der Waals surface area contributed by atoms with Crippen LogP contribution in [0, 0.1) is 11.3 Å². The summed E-state index contributed by atoms with van der Waals surface area (Å²) in [4.78, 5) is 31.6. The number of pyridine rings is 1. The van der Waals surface area contributed by atoms with Gasteiger partial charge in [0.25, 0.3) is 11.5 Å². The van der Waals surface area contributed by atoms with Crippen molar-refractivity contribution in [2.24, 2.45) is 0 Å². The maximum atomic E-state index is 12.7. The molecule has 0 saturated carbocycles. The van der Waals surface area contributed by atoms with Crippen molar-refractivity contribution in [2.45, 2.75) is 32.1 Å². The number of piperazine rings is 1. The van der Waals surface area contributed by atoms with Gasteiger partial charge < -0.3 is 9.88 Å². The van der Waals surface area contributed by atoms with Gasteiger partial charge in [0.2, 0.25) is 0 Å². The minimum absolute atomic E-state index is 0.185. The number of rotatable bonds is 2. The van der Waals surface area contributed by atoms with Crippen molar-refractivity contribution >= 4 is 5.91 Å².